The molecule has 0 aromatic heterocycles. The van der Waals surface area contributed by atoms with E-state index in [1.807, 2.05) is 11.8 Å². The maximum atomic E-state index is 12.0. The number of nitrogens with zero attached hydrogens (tertiary/aromatic N) is 1. The van der Waals surface area contributed by atoms with Gasteiger partial charge < -0.3 is 4.90 Å². The summed E-state index contributed by atoms with van der Waals surface area (Å²) in [5.41, 5.74) is 0. The molecule has 0 bridgehead atoms. The average Bonchev–Trinajstić information content (AvgIpc) is 2.52. The Bertz CT molecular complexity index is 286. The van der Waals surface area contributed by atoms with Crippen molar-refractivity contribution < 1.29 is 9.59 Å². The Hall–Kier alpha value is -0.860. The molecule has 1 heterocycles. The van der Waals surface area contributed by atoms with Crippen LogP contribution in [0.15, 0.2) is 0 Å². The quantitative estimate of drug-likeness (QED) is 0.729. The highest BCUT2D eigenvalue weighted by Crippen LogP contribution is 2.25. The number of ketones is 1. The minimum absolute atomic E-state index is 0.280. The molecule has 0 saturated carbocycles. The van der Waals surface area contributed by atoms with E-state index in [1.54, 1.807) is 0 Å². The molecule has 1 atom stereocenters. The molecule has 1 unspecified atom stereocenters. The zero-order chi connectivity index (χ0) is 13.5. The van der Waals surface area contributed by atoms with Crippen LogP contribution in [0.25, 0.3) is 0 Å². The van der Waals surface area contributed by atoms with Crippen LogP contribution in [0.1, 0.15) is 59.3 Å². The Balaban J connectivity index is 2.36. The van der Waals surface area contributed by atoms with Crippen LogP contribution in [0.4, 0.5) is 0 Å². The van der Waals surface area contributed by atoms with E-state index in [4.69, 9.17) is 0 Å². The third-order valence-corrected chi connectivity index (χ3v) is 4.07. The van der Waals surface area contributed by atoms with Gasteiger partial charge in [-0.2, -0.15) is 0 Å². The van der Waals surface area contributed by atoms with Gasteiger partial charge in [0.15, 0.2) is 0 Å². The van der Waals surface area contributed by atoms with Crippen molar-refractivity contribution in [1.82, 2.24) is 4.90 Å². The first-order chi connectivity index (χ1) is 8.54. The Morgan fingerprint density at radius 1 is 1.39 bits per heavy atom. The number of amides is 1. The molecule has 1 saturated heterocycles. The van der Waals surface area contributed by atoms with Crippen LogP contribution in [0.5, 0.6) is 0 Å². The second-order valence-electron chi connectivity index (χ2n) is 5.71. The summed E-state index contributed by atoms with van der Waals surface area (Å²) in [6.07, 6.45) is 4.89. The molecule has 1 amide bonds. The third-order valence-electron chi connectivity index (χ3n) is 4.07. The molecule has 0 aromatic carbocycles. The SMILES string of the molecule is CCC(=O)CCCN1CCC(C(C)C)CCC1=O. The number of rotatable bonds is 6. The number of likely N-dealkylation sites (tertiary alicyclic amines) is 1. The molecule has 0 N–H and O–H groups in total. The summed E-state index contributed by atoms with van der Waals surface area (Å²) in [5.74, 6) is 1.93. The van der Waals surface area contributed by atoms with Gasteiger partial charge in [-0.1, -0.05) is 20.8 Å². The first-order valence-corrected chi connectivity index (χ1v) is 7.34. The molecule has 0 spiro atoms. The first kappa shape index (κ1) is 15.2. The Labute approximate surface area is 111 Å². The molecule has 1 fully saturated rings. The lowest BCUT2D eigenvalue weighted by molar-refractivity contribution is -0.131. The van der Waals surface area contributed by atoms with Crippen molar-refractivity contribution in [3.63, 3.8) is 0 Å². The summed E-state index contributed by atoms with van der Waals surface area (Å²) < 4.78 is 0. The van der Waals surface area contributed by atoms with Crippen molar-refractivity contribution >= 4 is 11.7 Å². The number of Topliss-reactive ketones (excluding diaryl/α,β-unsaturated/α-hetero) is 1. The van der Waals surface area contributed by atoms with Gasteiger partial charge in [-0.3, -0.25) is 9.59 Å². The van der Waals surface area contributed by atoms with Gasteiger partial charge in [-0.25, -0.2) is 0 Å². The molecule has 0 aromatic rings. The molecule has 3 nitrogen and oxygen atoms in total. The molecule has 18 heavy (non-hydrogen) atoms. The second-order valence-corrected chi connectivity index (χ2v) is 5.71. The predicted molar refractivity (Wildman–Crippen MR) is 73.3 cm³/mol. The van der Waals surface area contributed by atoms with Gasteiger partial charge in [-0.05, 0) is 31.1 Å². The highest BCUT2D eigenvalue weighted by molar-refractivity contribution is 5.78. The molecule has 1 rings (SSSR count). The lowest BCUT2D eigenvalue weighted by Gasteiger charge is -2.21. The summed E-state index contributed by atoms with van der Waals surface area (Å²) in [6.45, 7) is 8.01. The van der Waals surface area contributed by atoms with Crippen molar-refractivity contribution in [1.29, 1.82) is 0 Å². The van der Waals surface area contributed by atoms with Crippen LogP contribution in [0.2, 0.25) is 0 Å². The second kappa shape index (κ2) is 7.55. The third kappa shape index (κ3) is 4.79. The Morgan fingerprint density at radius 3 is 2.72 bits per heavy atom. The standard InChI is InChI=1S/C15H27NO2/c1-4-14(17)6-5-10-16-11-9-13(12(2)3)7-8-15(16)18/h12-13H,4-11H2,1-3H3. The van der Waals surface area contributed by atoms with Crippen LogP contribution in [-0.4, -0.2) is 29.7 Å². The summed E-state index contributed by atoms with van der Waals surface area (Å²) in [6, 6.07) is 0. The number of hydrogen-bond acceptors (Lipinski definition) is 2. The van der Waals surface area contributed by atoms with Crippen molar-refractivity contribution in [2.24, 2.45) is 11.8 Å². The van der Waals surface area contributed by atoms with E-state index in [2.05, 4.69) is 13.8 Å². The van der Waals surface area contributed by atoms with Gasteiger partial charge in [0, 0.05) is 32.4 Å². The zero-order valence-corrected chi connectivity index (χ0v) is 12.1. The van der Waals surface area contributed by atoms with E-state index in [9.17, 15) is 9.59 Å². The zero-order valence-electron chi connectivity index (χ0n) is 12.1. The van der Waals surface area contributed by atoms with Crippen LogP contribution in [-0.2, 0) is 9.59 Å². The summed E-state index contributed by atoms with van der Waals surface area (Å²) in [4.78, 5) is 25.2. The fraction of sp³-hybridized carbons (Fsp3) is 0.867. The monoisotopic (exact) mass is 253 g/mol. The highest BCUT2D eigenvalue weighted by atomic mass is 16.2. The molecule has 3 heteroatoms. The molecule has 1 aliphatic heterocycles. The Kier molecular flexibility index (Phi) is 6.37. The molecule has 104 valence electrons. The Morgan fingerprint density at radius 2 is 2.11 bits per heavy atom. The van der Waals surface area contributed by atoms with Crippen molar-refractivity contribution in [2.45, 2.75) is 59.3 Å². The van der Waals surface area contributed by atoms with E-state index in [0.29, 0.717) is 36.9 Å². The van der Waals surface area contributed by atoms with Crippen molar-refractivity contribution in [3.05, 3.63) is 0 Å². The smallest absolute Gasteiger partial charge is 0.222 e. The van der Waals surface area contributed by atoms with Gasteiger partial charge in [0.05, 0.1) is 0 Å². The lowest BCUT2D eigenvalue weighted by atomic mass is 9.89. The van der Waals surface area contributed by atoms with E-state index in [-0.39, 0.29) is 5.91 Å². The normalized spacial score (nSPS) is 21.2. The van der Waals surface area contributed by atoms with Crippen molar-refractivity contribution in [3.8, 4) is 0 Å². The number of hydrogen-bond donors (Lipinski definition) is 0. The van der Waals surface area contributed by atoms with Crippen LogP contribution in [0, 0.1) is 11.8 Å². The molecule has 0 radical (unpaired) electrons. The lowest BCUT2D eigenvalue weighted by Crippen LogP contribution is -2.31. The maximum Gasteiger partial charge on any atom is 0.222 e. The summed E-state index contributed by atoms with van der Waals surface area (Å²) in [7, 11) is 0. The average molecular weight is 253 g/mol. The van der Waals surface area contributed by atoms with Crippen LogP contribution < -0.4 is 0 Å². The molecule has 1 aliphatic rings. The topological polar surface area (TPSA) is 37.4 Å². The maximum absolute atomic E-state index is 12.0. The van der Waals surface area contributed by atoms with Gasteiger partial charge in [0.2, 0.25) is 5.91 Å². The fourth-order valence-corrected chi connectivity index (χ4v) is 2.60. The van der Waals surface area contributed by atoms with E-state index >= 15 is 0 Å². The summed E-state index contributed by atoms with van der Waals surface area (Å²) >= 11 is 0. The van der Waals surface area contributed by atoms with Crippen LogP contribution in [0.3, 0.4) is 0 Å². The molecular formula is C15H27NO2. The fourth-order valence-electron chi connectivity index (χ4n) is 2.60. The number of carbonyl (C=O) groups is 2. The van der Waals surface area contributed by atoms with Gasteiger partial charge in [0.1, 0.15) is 5.78 Å². The van der Waals surface area contributed by atoms with Gasteiger partial charge in [0.25, 0.3) is 0 Å². The van der Waals surface area contributed by atoms with E-state index in [0.717, 1.165) is 32.4 Å². The van der Waals surface area contributed by atoms with Gasteiger partial charge >= 0.3 is 0 Å². The van der Waals surface area contributed by atoms with Crippen LogP contribution >= 0.6 is 0 Å². The minimum atomic E-state index is 0.280. The van der Waals surface area contributed by atoms with E-state index in [1.165, 1.54) is 0 Å². The highest BCUT2D eigenvalue weighted by Gasteiger charge is 2.23. The largest absolute Gasteiger partial charge is 0.343 e. The predicted octanol–water partition coefficient (Wildman–Crippen LogP) is 3.03. The molecular weight excluding hydrogens is 226 g/mol. The summed E-state index contributed by atoms with van der Waals surface area (Å²) in [5, 5.41) is 0. The molecule has 0 aliphatic carbocycles. The minimum Gasteiger partial charge on any atom is -0.343 e. The first-order valence-electron chi connectivity index (χ1n) is 7.34. The number of carbonyl (C=O) groups excluding carboxylic acids is 2. The van der Waals surface area contributed by atoms with Gasteiger partial charge in [-0.15, -0.1) is 0 Å². The van der Waals surface area contributed by atoms with E-state index < -0.39 is 0 Å². The van der Waals surface area contributed by atoms with Crippen molar-refractivity contribution in [2.75, 3.05) is 13.1 Å².